The molecule has 4 unspecified atom stereocenters. The SMILES string of the molecule is CCCOP(=O)(NC(=O)CCCCCCCCCC(CC)CCC)C(O)(C[N+](C)(C)C)NC(=O)CCCCCCCCCC(CC)CCC. The molecule has 2 amide bonds. The van der Waals surface area contributed by atoms with Gasteiger partial charge in [-0.2, -0.15) is 0 Å². The van der Waals surface area contributed by atoms with Gasteiger partial charge in [-0.1, -0.05) is 163 Å². The highest BCUT2D eigenvalue weighted by Gasteiger charge is 2.54. The predicted molar refractivity (Wildman–Crippen MR) is 208 cm³/mol. The van der Waals surface area contributed by atoms with Crippen molar-refractivity contribution in [2.75, 3.05) is 34.3 Å². The molecule has 0 aliphatic heterocycles. The van der Waals surface area contributed by atoms with Gasteiger partial charge in [0.05, 0.1) is 27.7 Å². The van der Waals surface area contributed by atoms with Crippen LogP contribution in [0.1, 0.15) is 195 Å². The molecule has 0 bridgehead atoms. The fraction of sp³-hybridized carbons (Fsp3) is 0.950. The topological polar surface area (TPSA) is 105 Å². The molecule has 0 radical (unpaired) electrons. The van der Waals surface area contributed by atoms with E-state index in [2.05, 4.69) is 38.1 Å². The standard InChI is InChI=1S/C40H82N3O5P/c1-9-28-36(12-4)30-24-20-16-14-18-22-26-32-38(44)41-40(46,35-43(6,7)8)49(47,48-34-11-3)42-39(45)33-27-23-19-15-17-21-25-31-37(13-5)29-10-2/h36-37,46H,9-35H2,1-8H3,(H-,41,42,44,45,47)/p+1. The van der Waals surface area contributed by atoms with Crippen LogP contribution in [0.25, 0.3) is 0 Å². The van der Waals surface area contributed by atoms with Crippen LogP contribution >= 0.6 is 7.52 Å². The lowest BCUT2D eigenvalue weighted by atomic mass is 9.94. The number of unbranched alkanes of at least 4 members (excludes halogenated alkanes) is 12. The van der Waals surface area contributed by atoms with Crippen LogP contribution < -0.4 is 10.4 Å². The predicted octanol–water partition coefficient (Wildman–Crippen LogP) is 10.9. The quantitative estimate of drug-likeness (QED) is 0.0266. The minimum Gasteiger partial charge on any atom is -0.357 e. The molecule has 8 nitrogen and oxygen atoms in total. The number of quaternary nitrogens is 1. The number of rotatable bonds is 34. The first-order valence-electron chi connectivity index (χ1n) is 20.7. The van der Waals surface area contributed by atoms with Gasteiger partial charge in [-0.25, -0.2) is 0 Å². The van der Waals surface area contributed by atoms with Crippen molar-refractivity contribution in [1.82, 2.24) is 10.4 Å². The molecule has 0 fully saturated rings. The van der Waals surface area contributed by atoms with E-state index in [1.807, 2.05) is 28.1 Å². The number of nitrogens with one attached hydrogen (secondary N) is 2. The molecule has 292 valence electrons. The van der Waals surface area contributed by atoms with E-state index in [9.17, 15) is 19.3 Å². The lowest BCUT2D eigenvalue weighted by Gasteiger charge is -2.39. The van der Waals surface area contributed by atoms with Gasteiger partial charge in [0.25, 0.3) is 5.47 Å². The molecular formula is C40H83N3O5P+. The first kappa shape index (κ1) is 48.0. The van der Waals surface area contributed by atoms with Crippen LogP contribution in [-0.4, -0.2) is 61.2 Å². The molecule has 0 aromatic carbocycles. The van der Waals surface area contributed by atoms with Gasteiger partial charge in [0.2, 0.25) is 11.8 Å². The minimum absolute atomic E-state index is 0.0748. The van der Waals surface area contributed by atoms with Crippen molar-refractivity contribution < 1.29 is 28.3 Å². The first-order chi connectivity index (χ1) is 23.3. The zero-order valence-electron chi connectivity index (χ0n) is 33.7. The largest absolute Gasteiger partial charge is 0.357 e. The number of aliphatic hydroxyl groups is 1. The maximum Gasteiger partial charge on any atom is 0.353 e. The molecule has 0 aromatic rings. The number of likely N-dealkylation sites (N-methyl/N-ethyl adjacent to an activating group) is 1. The van der Waals surface area contributed by atoms with Crippen molar-refractivity contribution in [2.24, 2.45) is 11.8 Å². The zero-order valence-corrected chi connectivity index (χ0v) is 34.6. The average molecular weight is 717 g/mol. The lowest BCUT2D eigenvalue weighted by Crippen LogP contribution is -2.60. The van der Waals surface area contributed by atoms with Gasteiger partial charge in [0, 0.05) is 12.8 Å². The molecule has 0 saturated carbocycles. The van der Waals surface area contributed by atoms with E-state index in [0.29, 0.717) is 19.3 Å². The molecule has 0 saturated heterocycles. The van der Waals surface area contributed by atoms with Gasteiger partial charge in [-0.3, -0.25) is 19.2 Å². The minimum atomic E-state index is -4.22. The zero-order chi connectivity index (χ0) is 37.0. The lowest BCUT2D eigenvalue weighted by molar-refractivity contribution is -0.875. The number of carbonyl (C=O) groups excluding carboxylic acids is 2. The summed E-state index contributed by atoms with van der Waals surface area (Å²) in [7, 11) is 1.33. The van der Waals surface area contributed by atoms with Crippen molar-refractivity contribution >= 4 is 19.3 Å². The summed E-state index contributed by atoms with van der Waals surface area (Å²) in [6.45, 7) is 11.0. The molecule has 0 rings (SSSR count). The smallest absolute Gasteiger partial charge is 0.353 e. The summed E-state index contributed by atoms with van der Waals surface area (Å²) < 4.78 is 20.3. The molecule has 0 aromatic heterocycles. The number of hydrogen-bond donors (Lipinski definition) is 3. The van der Waals surface area contributed by atoms with Crippen molar-refractivity contribution in [2.45, 2.75) is 201 Å². The van der Waals surface area contributed by atoms with Crippen molar-refractivity contribution in [1.29, 1.82) is 0 Å². The third-order valence-corrected chi connectivity index (χ3v) is 12.2. The summed E-state index contributed by atoms with van der Waals surface area (Å²) in [5.41, 5.74) is -2.21. The number of hydrogen-bond acceptors (Lipinski definition) is 5. The van der Waals surface area contributed by atoms with Crippen molar-refractivity contribution in [3.8, 4) is 0 Å². The molecule has 49 heavy (non-hydrogen) atoms. The Bertz CT molecular complexity index is 880. The summed E-state index contributed by atoms with van der Waals surface area (Å²) in [6.07, 6.45) is 26.8. The second-order valence-corrected chi connectivity index (χ2v) is 18.2. The fourth-order valence-corrected chi connectivity index (χ4v) is 9.18. The Morgan fingerprint density at radius 3 is 1.43 bits per heavy atom. The number of carbonyl (C=O) groups is 2. The second-order valence-electron chi connectivity index (χ2n) is 15.9. The number of nitrogens with zero attached hydrogens (tertiary/aromatic N) is 1. The van der Waals surface area contributed by atoms with Crippen molar-refractivity contribution in [3.63, 3.8) is 0 Å². The van der Waals surface area contributed by atoms with E-state index >= 15 is 0 Å². The van der Waals surface area contributed by atoms with E-state index in [1.54, 1.807) is 0 Å². The van der Waals surface area contributed by atoms with Gasteiger partial charge in [0.1, 0.15) is 6.54 Å². The average Bonchev–Trinajstić information content (AvgIpc) is 3.03. The third-order valence-electron chi connectivity index (χ3n) is 9.85. The Labute approximate surface area is 304 Å². The monoisotopic (exact) mass is 717 g/mol. The molecule has 3 N–H and O–H groups in total. The molecule has 0 aliphatic carbocycles. The summed E-state index contributed by atoms with van der Waals surface area (Å²) in [4.78, 5) is 26.2. The Hall–Kier alpha value is -0.950. The van der Waals surface area contributed by atoms with Crippen LogP contribution in [0, 0.1) is 11.8 Å². The highest BCUT2D eigenvalue weighted by atomic mass is 31.2. The van der Waals surface area contributed by atoms with Crippen LogP contribution in [0.3, 0.4) is 0 Å². The van der Waals surface area contributed by atoms with Gasteiger partial charge in [0.15, 0.2) is 0 Å². The fourth-order valence-electron chi connectivity index (χ4n) is 6.95. The van der Waals surface area contributed by atoms with E-state index < -0.39 is 18.9 Å². The summed E-state index contributed by atoms with van der Waals surface area (Å²) in [5, 5.41) is 17.1. The Morgan fingerprint density at radius 1 is 0.633 bits per heavy atom. The van der Waals surface area contributed by atoms with Crippen molar-refractivity contribution in [3.05, 3.63) is 0 Å². The van der Waals surface area contributed by atoms with Crippen LogP contribution in [0.2, 0.25) is 0 Å². The summed E-state index contributed by atoms with van der Waals surface area (Å²) in [6, 6.07) is 0. The van der Waals surface area contributed by atoms with Crippen LogP contribution in [-0.2, 0) is 18.7 Å². The molecule has 0 aliphatic rings. The van der Waals surface area contributed by atoms with Gasteiger partial charge in [-0.05, 0) is 31.1 Å². The van der Waals surface area contributed by atoms with Crippen LogP contribution in [0.15, 0.2) is 0 Å². The summed E-state index contributed by atoms with van der Waals surface area (Å²) in [5.74, 6) is 0.963. The molecule has 9 heteroatoms. The molecule has 4 atom stereocenters. The van der Waals surface area contributed by atoms with E-state index in [-0.39, 0.29) is 36.4 Å². The summed E-state index contributed by atoms with van der Waals surface area (Å²) >= 11 is 0. The molecule has 0 heterocycles. The van der Waals surface area contributed by atoms with E-state index in [0.717, 1.165) is 43.9 Å². The second kappa shape index (κ2) is 28.6. The number of amides is 2. The Kier molecular flexibility index (Phi) is 28.1. The van der Waals surface area contributed by atoms with Crippen LogP contribution in [0.4, 0.5) is 0 Å². The van der Waals surface area contributed by atoms with E-state index in [1.165, 1.54) is 96.3 Å². The third kappa shape index (κ3) is 24.0. The normalized spacial score (nSPS) is 15.7. The molecule has 0 spiro atoms. The van der Waals surface area contributed by atoms with Crippen LogP contribution in [0.5, 0.6) is 0 Å². The van der Waals surface area contributed by atoms with Gasteiger partial charge in [-0.15, -0.1) is 0 Å². The Balaban J connectivity index is 4.86. The van der Waals surface area contributed by atoms with Gasteiger partial charge >= 0.3 is 7.52 Å². The van der Waals surface area contributed by atoms with E-state index in [4.69, 9.17) is 4.52 Å². The highest BCUT2D eigenvalue weighted by molar-refractivity contribution is 7.59. The Morgan fingerprint density at radius 2 is 1.04 bits per heavy atom. The maximum atomic E-state index is 14.3. The molecular weight excluding hydrogens is 633 g/mol. The first-order valence-corrected chi connectivity index (χ1v) is 22.3. The highest BCUT2D eigenvalue weighted by Crippen LogP contribution is 2.53. The maximum absolute atomic E-state index is 14.3. The van der Waals surface area contributed by atoms with Gasteiger partial charge < -0.3 is 19.4 Å².